The second kappa shape index (κ2) is 5.65. The summed E-state index contributed by atoms with van der Waals surface area (Å²) in [4.78, 5) is -0.0364. The van der Waals surface area contributed by atoms with Crippen LogP contribution in [0.3, 0.4) is 0 Å². The van der Waals surface area contributed by atoms with Crippen molar-refractivity contribution in [2.75, 3.05) is 19.8 Å². The molecule has 2 rings (SSSR count). The van der Waals surface area contributed by atoms with E-state index in [1.165, 1.54) is 18.2 Å². The van der Waals surface area contributed by atoms with Crippen LogP contribution in [-0.4, -0.2) is 28.2 Å². The van der Waals surface area contributed by atoms with Crippen molar-refractivity contribution in [1.29, 1.82) is 0 Å². The predicted octanol–water partition coefficient (Wildman–Crippen LogP) is 2.68. The first-order valence-corrected chi connectivity index (χ1v) is 8.10. The van der Waals surface area contributed by atoms with Gasteiger partial charge in [0.25, 0.3) is 9.05 Å². The van der Waals surface area contributed by atoms with Gasteiger partial charge in [-0.05, 0) is 24.6 Å². The zero-order chi connectivity index (χ0) is 13.2. The van der Waals surface area contributed by atoms with Gasteiger partial charge < -0.3 is 9.47 Å². The van der Waals surface area contributed by atoms with Crippen molar-refractivity contribution in [3.63, 3.8) is 0 Å². The molecule has 1 atom stereocenters. The molecular weight excluding hydrogens is 299 g/mol. The highest BCUT2D eigenvalue weighted by atomic mass is 35.7. The summed E-state index contributed by atoms with van der Waals surface area (Å²) < 4.78 is 33.0. The van der Waals surface area contributed by atoms with E-state index in [0.717, 1.165) is 13.0 Å². The molecule has 1 aromatic carbocycles. The van der Waals surface area contributed by atoms with Crippen LogP contribution in [0.1, 0.15) is 6.42 Å². The van der Waals surface area contributed by atoms with E-state index in [9.17, 15) is 8.42 Å². The van der Waals surface area contributed by atoms with Crippen LogP contribution < -0.4 is 4.74 Å². The first-order chi connectivity index (χ1) is 8.47. The Morgan fingerprint density at radius 2 is 2.22 bits per heavy atom. The largest absolute Gasteiger partial charge is 0.492 e. The standard InChI is InChI=1S/C11H12Cl2O4S/c12-10-5-9(18(13,14)15)1-2-11(10)17-7-8-3-4-16-6-8/h1-2,5,8H,3-4,6-7H2. The van der Waals surface area contributed by atoms with Gasteiger partial charge in [-0.2, -0.15) is 0 Å². The molecule has 1 aromatic rings. The van der Waals surface area contributed by atoms with Gasteiger partial charge in [-0.15, -0.1) is 0 Å². The summed E-state index contributed by atoms with van der Waals surface area (Å²) in [7, 11) is 1.46. The van der Waals surface area contributed by atoms with E-state index < -0.39 is 9.05 Å². The van der Waals surface area contributed by atoms with Crippen molar-refractivity contribution in [2.24, 2.45) is 5.92 Å². The summed E-state index contributed by atoms with van der Waals surface area (Å²) in [5, 5.41) is 0.232. The van der Waals surface area contributed by atoms with Crippen LogP contribution in [-0.2, 0) is 13.8 Å². The maximum atomic E-state index is 11.1. The van der Waals surface area contributed by atoms with Gasteiger partial charge in [0.2, 0.25) is 0 Å². The van der Waals surface area contributed by atoms with Gasteiger partial charge in [-0.1, -0.05) is 11.6 Å². The van der Waals surface area contributed by atoms with Crippen LogP contribution >= 0.6 is 22.3 Å². The van der Waals surface area contributed by atoms with Gasteiger partial charge in [0.15, 0.2) is 0 Å². The number of ether oxygens (including phenoxy) is 2. The average Bonchev–Trinajstić information content (AvgIpc) is 2.79. The molecule has 1 saturated heterocycles. The van der Waals surface area contributed by atoms with Crippen LogP contribution in [0.25, 0.3) is 0 Å². The lowest BCUT2D eigenvalue weighted by Crippen LogP contribution is -2.11. The topological polar surface area (TPSA) is 52.6 Å². The summed E-state index contributed by atoms with van der Waals surface area (Å²) in [6.07, 6.45) is 0.964. The fourth-order valence-electron chi connectivity index (χ4n) is 1.67. The summed E-state index contributed by atoms with van der Waals surface area (Å²) in [5.41, 5.74) is 0. The average molecular weight is 311 g/mol. The molecule has 0 bridgehead atoms. The molecule has 1 fully saturated rings. The monoisotopic (exact) mass is 310 g/mol. The Morgan fingerprint density at radius 1 is 1.44 bits per heavy atom. The van der Waals surface area contributed by atoms with Crippen LogP contribution in [0.5, 0.6) is 5.75 Å². The van der Waals surface area contributed by atoms with Crippen molar-refractivity contribution in [1.82, 2.24) is 0 Å². The number of hydrogen-bond donors (Lipinski definition) is 0. The Hall–Kier alpha value is -0.490. The number of benzene rings is 1. The molecule has 0 aromatic heterocycles. The second-order valence-corrected chi connectivity index (χ2v) is 7.04. The van der Waals surface area contributed by atoms with E-state index in [4.69, 9.17) is 31.8 Å². The minimum atomic E-state index is -3.76. The highest BCUT2D eigenvalue weighted by Gasteiger charge is 2.18. The van der Waals surface area contributed by atoms with Gasteiger partial charge in [-0.3, -0.25) is 0 Å². The minimum Gasteiger partial charge on any atom is -0.492 e. The van der Waals surface area contributed by atoms with E-state index in [-0.39, 0.29) is 9.92 Å². The molecule has 7 heteroatoms. The Balaban J connectivity index is 2.05. The summed E-state index contributed by atoms with van der Waals surface area (Å²) in [6.45, 7) is 1.95. The molecule has 0 aliphatic carbocycles. The van der Waals surface area contributed by atoms with Crippen molar-refractivity contribution in [3.05, 3.63) is 23.2 Å². The van der Waals surface area contributed by atoms with Gasteiger partial charge in [-0.25, -0.2) is 8.42 Å². The molecule has 4 nitrogen and oxygen atoms in total. The van der Waals surface area contributed by atoms with Crippen molar-refractivity contribution in [2.45, 2.75) is 11.3 Å². The molecule has 18 heavy (non-hydrogen) atoms. The second-order valence-electron chi connectivity index (χ2n) is 4.07. The molecule has 100 valence electrons. The molecular formula is C11H12Cl2O4S. The number of hydrogen-bond acceptors (Lipinski definition) is 4. The quantitative estimate of drug-likeness (QED) is 0.802. The maximum Gasteiger partial charge on any atom is 0.261 e. The highest BCUT2D eigenvalue weighted by molar-refractivity contribution is 8.13. The van der Waals surface area contributed by atoms with E-state index in [2.05, 4.69) is 0 Å². The molecule has 1 heterocycles. The lowest BCUT2D eigenvalue weighted by molar-refractivity contribution is 0.167. The maximum absolute atomic E-state index is 11.1. The zero-order valence-corrected chi connectivity index (χ0v) is 11.8. The fourth-order valence-corrected chi connectivity index (χ4v) is 2.75. The summed E-state index contributed by atoms with van der Waals surface area (Å²) in [6, 6.07) is 4.16. The normalized spacial score (nSPS) is 20.0. The zero-order valence-electron chi connectivity index (χ0n) is 9.43. The van der Waals surface area contributed by atoms with Gasteiger partial charge in [0, 0.05) is 23.2 Å². The third-order valence-electron chi connectivity index (χ3n) is 2.68. The molecule has 1 aliphatic rings. The molecule has 1 aliphatic heterocycles. The fraction of sp³-hybridized carbons (Fsp3) is 0.455. The molecule has 0 spiro atoms. The van der Waals surface area contributed by atoms with Gasteiger partial charge >= 0.3 is 0 Å². The third kappa shape index (κ3) is 3.51. The molecule has 0 saturated carbocycles. The lowest BCUT2D eigenvalue weighted by Gasteiger charge is -2.11. The van der Waals surface area contributed by atoms with E-state index >= 15 is 0 Å². The molecule has 1 unspecified atom stereocenters. The highest BCUT2D eigenvalue weighted by Crippen LogP contribution is 2.29. The summed E-state index contributed by atoms with van der Waals surface area (Å²) in [5.74, 6) is 0.810. The first-order valence-electron chi connectivity index (χ1n) is 5.41. The van der Waals surface area contributed by atoms with Crippen LogP contribution in [0, 0.1) is 5.92 Å². The van der Waals surface area contributed by atoms with Crippen molar-refractivity contribution in [3.8, 4) is 5.75 Å². The SMILES string of the molecule is O=S(=O)(Cl)c1ccc(OCC2CCOC2)c(Cl)c1. The van der Waals surface area contributed by atoms with Gasteiger partial charge in [0.1, 0.15) is 5.75 Å². The van der Waals surface area contributed by atoms with Crippen molar-refractivity contribution < 1.29 is 17.9 Å². The van der Waals surface area contributed by atoms with E-state index in [1.807, 2.05) is 0 Å². The third-order valence-corrected chi connectivity index (χ3v) is 4.33. The molecule has 0 amide bonds. The Labute approximate surface area is 115 Å². The van der Waals surface area contributed by atoms with Crippen LogP contribution in [0.15, 0.2) is 23.1 Å². The van der Waals surface area contributed by atoms with Crippen LogP contribution in [0.2, 0.25) is 5.02 Å². The Morgan fingerprint density at radius 3 is 2.78 bits per heavy atom. The minimum absolute atomic E-state index is 0.0364. The van der Waals surface area contributed by atoms with Gasteiger partial charge in [0.05, 0.1) is 23.1 Å². The molecule has 0 N–H and O–H groups in total. The smallest absolute Gasteiger partial charge is 0.261 e. The van der Waals surface area contributed by atoms with E-state index in [0.29, 0.717) is 24.9 Å². The number of halogens is 2. The number of rotatable bonds is 4. The van der Waals surface area contributed by atoms with E-state index in [1.54, 1.807) is 0 Å². The predicted molar refractivity (Wildman–Crippen MR) is 68.9 cm³/mol. The molecule has 0 radical (unpaired) electrons. The Kier molecular flexibility index (Phi) is 4.37. The summed E-state index contributed by atoms with van der Waals surface area (Å²) >= 11 is 5.94. The Bertz CT molecular complexity index is 524. The van der Waals surface area contributed by atoms with Crippen molar-refractivity contribution >= 4 is 31.3 Å². The lowest BCUT2D eigenvalue weighted by atomic mass is 10.1. The first kappa shape index (κ1) is 13.9. The van der Waals surface area contributed by atoms with Crippen LogP contribution in [0.4, 0.5) is 0 Å².